The lowest BCUT2D eigenvalue weighted by Gasteiger charge is -2.23. The van der Waals surface area contributed by atoms with E-state index >= 15 is 0 Å². The van der Waals surface area contributed by atoms with Gasteiger partial charge in [-0.25, -0.2) is 0 Å². The van der Waals surface area contributed by atoms with Crippen LogP contribution in [-0.4, -0.2) is 25.5 Å². The Morgan fingerprint density at radius 1 is 1.30 bits per heavy atom. The van der Waals surface area contributed by atoms with Crippen LogP contribution >= 0.6 is 0 Å². The number of nitrogens with one attached hydrogen (secondary N) is 1. The zero-order valence-electron chi connectivity index (χ0n) is 10.5. The number of benzene rings is 1. The number of alkyl halides is 3. The van der Waals surface area contributed by atoms with Gasteiger partial charge in [0, 0.05) is 31.7 Å². The predicted octanol–water partition coefficient (Wildman–Crippen LogP) is 1.90. The highest BCUT2D eigenvalue weighted by atomic mass is 19.4. The van der Waals surface area contributed by atoms with Crippen molar-refractivity contribution < 1.29 is 18.0 Å². The highest BCUT2D eigenvalue weighted by Crippen LogP contribution is 2.34. The average Bonchev–Trinajstić information content (AvgIpc) is 2.62. The summed E-state index contributed by atoms with van der Waals surface area (Å²) >= 11 is 0. The third-order valence-corrected chi connectivity index (χ3v) is 3.11. The number of halogens is 3. The van der Waals surface area contributed by atoms with Crippen molar-refractivity contribution in [3.63, 3.8) is 0 Å². The smallest absolute Gasteiger partial charge is 0.369 e. The van der Waals surface area contributed by atoms with Crippen LogP contribution in [0.25, 0.3) is 0 Å². The van der Waals surface area contributed by atoms with Crippen LogP contribution < -0.4 is 10.2 Å². The van der Waals surface area contributed by atoms with E-state index in [2.05, 4.69) is 5.32 Å². The Bertz CT molecular complexity index is 563. The first-order valence-electron chi connectivity index (χ1n) is 6.05. The molecule has 106 valence electrons. The van der Waals surface area contributed by atoms with Crippen molar-refractivity contribution in [2.45, 2.75) is 12.6 Å². The first-order valence-corrected chi connectivity index (χ1v) is 6.05. The fourth-order valence-corrected chi connectivity index (χ4v) is 2.09. The maximum absolute atomic E-state index is 12.9. The Kier molecular flexibility index (Phi) is 3.84. The molecule has 1 aromatic carbocycles. The molecule has 0 saturated carbocycles. The number of carbonyl (C=O) groups excluding carboxylic acids is 1. The number of carbonyl (C=O) groups is 1. The van der Waals surface area contributed by atoms with E-state index in [1.54, 1.807) is 11.0 Å². The van der Waals surface area contributed by atoms with E-state index in [4.69, 9.17) is 5.26 Å². The summed E-state index contributed by atoms with van der Waals surface area (Å²) in [4.78, 5) is 12.9. The summed E-state index contributed by atoms with van der Waals surface area (Å²) in [7, 11) is 0. The molecular weight excluding hydrogens is 271 g/mol. The standard InChI is InChI=1S/C13H12F3N3O/c14-13(15,16)11-7-10(2-1-9(11)8-17)19-5-3-12(20)18-4-6-19/h1-2,7H,3-6H2,(H,18,20). The zero-order chi connectivity index (χ0) is 14.8. The molecule has 20 heavy (non-hydrogen) atoms. The molecular formula is C13H12F3N3O. The highest BCUT2D eigenvalue weighted by molar-refractivity contribution is 5.77. The van der Waals surface area contributed by atoms with Crippen molar-refractivity contribution in [1.82, 2.24) is 5.32 Å². The maximum atomic E-state index is 12.9. The molecule has 0 radical (unpaired) electrons. The molecule has 0 spiro atoms. The van der Waals surface area contributed by atoms with Gasteiger partial charge >= 0.3 is 6.18 Å². The molecule has 1 amide bonds. The van der Waals surface area contributed by atoms with E-state index in [0.29, 0.717) is 25.3 Å². The van der Waals surface area contributed by atoms with Gasteiger partial charge in [-0.05, 0) is 18.2 Å². The number of hydrogen-bond acceptors (Lipinski definition) is 3. The number of hydrogen-bond donors (Lipinski definition) is 1. The van der Waals surface area contributed by atoms with Gasteiger partial charge in [0.1, 0.15) is 0 Å². The Hall–Kier alpha value is -2.23. The van der Waals surface area contributed by atoms with Crippen molar-refractivity contribution in [3.05, 3.63) is 29.3 Å². The van der Waals surface area contributed by atoms with Crippen LogP contribution in [0.5, 0.6) is 0 Å². The van der Waals surface area contributed by atoms with E-state index in [0.717, 1.165) is 12.1 Å². The minimum Gasteiger partial charge on any atom is -0.369 e. The summed E-state index contributed by atoms with van der Waals surface area (Å²) in [6.45, 7) is 1.18. The van der Waals surface area contributed by atoms with Crippen LogP contribution in [0.1, 0.15) is 17.5 Å². The van der Waals surface area contributed by atoms with Crippen molar-refractivity contribution >= 4 is 11.6 Å². The van der Waals surface area contributed by atoms with Crippen LogP contribution in [0.15, 0.2) is 18.2 Å². The fraction of sp³-hybridized carbons (Fsp3) is 0.385. The number of nitriles is 1. The first kappa shape index (κ1) is 14.2. The fourth-order valence-electron chi connectivity index (χ4n) is 2.09. The largest absolute Gasteiger partial charge is 0.417 e. The van der Waals surface area contributed by atoms with E-state index in [9.17, 15) is 18.0 Å². The van der Waals surface area contributed by atoms with Gasteiger partial charge in [0.05, 0.1) is 17.2 Å². The van der Waals surface area contributed by atoms with E-state index in [-0.39, 0.29) is 12.3 Å². The van der Waals surface area contributed by atoms with Gasteiger partial charge in [-0.2, -0.15) is 18.4 Å². The van der Waals surface area contributed by atoms with Crippen LogP contribution in [0, 0.1) is 11.3 Å². The third-order valence-electron chi connectivity index (χ3n) is 3.11. The molecule has 0 bridgehead atoms. The minimum absolute atomic E-state index is 0.114. The van der Waals surface area contributed by atoms with Crippen molar-refractivity contribution in [2.75, 3.05) is 24.5 Å². The molecule has 0 aliphatic carbocycles. The molecule has 0 unspecified atom stereocenters. The molecule has 1 heterocycles. The zero-order valence-corrected chi connectivity index (χ0v) is 10.5. The lowest BCUT2D eigenvalue weighted by molar-refractivity contribution is -0.137. The normalized spacial score (nSPS) is 16.3. The quantitative estimate of drug-likeness (QED) is 0.856. The molecule has 0 aromatic heterocycles. The topological polar surface area (TPSA) is 56.1 Å². The number of rotatable bonds is 1. The second-order valence-corrected chi connectivity index (χ2v) is 4.43. The number of anilines is 1. The highest BCUT2D eigenvalue weighted by Gasteiger charge is 2.34. The Morgan fingerprint density at radius 2 is 2.05 bits per heavy atom. The lowest BCUT2D eigenvalue weighted by atomic mass is 10.1. The van der Waals surface area contributed by atoms with Gasteiger partial charge in [-0.3, -0.25) is 4.79 Å². The summed E-state index contributed by atoms with van der Waals surface area (Å²) in [5.41, 5.74) is -0.973. The van der Waals surface area contributed by atoms with Crippen LogP contribution in [0.2, 0.25) is 0 Å². The van der Waals surface area contributed by atoms with Gasteiger partial charge in [0.25, 0.3) is 0 Å². The van der Waals surface area contributed by atoms with Crippen LogP contribution in [-0.2, 0) is 11.0 Å². The number of amides is 1. The summed E-state index contributed by atoms with van der Waals surface area (Å²) in [6.07, 6.45) is -4.33. The molecule has 1 saturated heterocycles. The minimum atomic E-state index is -4.57. The van der Waals surface area contributed by atoms with E-state index in [1.165, 1.54) is 6.07 Å². The van der Waals surface area contributed by atoms with Crippen molar-refractivity contribution in [3.8, 4) is 6.07 Å². The second-order valence-electron chi connectivity index (χ2n) is 4.43. The second kappa shape index (κ2) is 5.41. The molecule has 1 aliphatic heterocycles. The van der Waals surface area contributed by atoms with Crippen molar-refractivity contribution in [2.24, 2.45) is 0 Å². The van der Waals surface area contributed by atoms with Gasteiger partial charge in [0.2, 0.25) is 5.91 Å². The summed E-state index contributed by atoms with van der Waals surface area (Å²) < 4.78 is 38.7. The first-order chi connectivity index (χ1) is 9.41. The molecule has 0 atom stereocenters. The van der Waals surface area contributed by atoms with E-state index in [1.807, 2.05) is 0 Å². The molecule has 1 N–H and O–H groups in total. The number of nitrogens with zero attached hydrogens (tertiary/aromatic N) is 2. The Balaban J connectivity index is 2.34. The molecule has 2 rings (SSSR count). The van der Waals surface area contributed by atoms with Crippen LogP contribution in [0.3, 0.4) is 0 Å². The molecule has 4 nitrogen and oxygen atoms in total. The molecule has 1 aliphatic rings. The molecule has 1 aromatic rings. The SMILES string of the molecule is N#Cc1ccc(N2CCNC(=O)CC2)cc1C(F)(F)F. The Labute approximate surface area is 113 Å². The predicted molar refractivity (Wildman–Crippen MR) is 66.0 cm³/mol. The van der Waals surface area contributed by atoms with Gasteiger partial charge in [-0.1, -0.05) is 0 Å². The molecule has 1 fully saturated rings. The average molecular weight is 283 g/mol. The summed E-state index contributed by atoms with van der Waals surface area (Å²) in [5.74, 6) is -0.114. The van der Waals surface area contributed by atoms with Gasteiger partial charge in [-0.15, -0.1) is 0 Å². The third kappa shape index (κ3) is 3.02. The van der Waals surface area contributed by atoms with Gasteiger partial charge < -0.3 is 10.2 Å². The van der Waals surface area contributed by atoms with Crippen LogP contribution in [0.4, 0.5) is 18.9 Å². The summed E-state index contributed by atoms with van der Waals surface area (Å²) in [6, 6.07) is 5.15. The Morgan fingerprint density at radius 3 is 2.70 bits per heavy atom. The lowest BCUT2D eigenvalue weighted by Crippen LogP contribution is -2.28. The van der Waals surface area contributed by atoms with Gasteiger partial charge in [0.15, 0.2) is 0 Å². The van der Waals surface area contributed by atoms with Crippen molar-refractivity contribution in [1.29, 1.82) is 5.26 Å². The molecule has 7 heteroatoms. The van der Waals surface area contributed by atoms with E-state index < -0.39 is 17.3 Å². The summed E-state index contributed by atoms with van der Waals surface area (Å²) in [5, 5.41) is 11.4. The monoisotopic (exact) mass is 283 g/mol. The maximum Gasteiger partial charge on any atom is 0.417 e.